The Labute approximate surface area is 161 Å². The van der Waals surface area contributed by atoms with E-state index in [1.807, 2.05) is 0 Å². The van der Waals surface area contributed by atoms with Crippen LogP contribution in [0.2, 0.25) is 0 Å². The first-order valence-electron chi connectivity index (χ1n) is 10.8. The van der Waals surface area contributed by atoms with Gasteiger partial charge in [0.25, 0.3) is 0 Å². The third-order valence-electron chi connectivity index (χ3n) is 5.64. The van der Waals surface area contributed by atoms with E-state index in [4.69, 9.17) is 0 Å². The third kappa shape index (κ3) is 7.53. The van der Waals surface area contributed by atoms with E-state index in [9.17, 15) is 4.79 Å². The maximum Gasteiger partial charge on any atom is 0.221 e. The Morgan fingerprint density at radius 1 is 1.12 bits per heavy atom. The summed E-state index contributed by atoms with van der Waals surface area (Å²) in [5.74, 6) is 0.0465. The van der Waals surface area contributed by atoms with Crippen molar-refractivity contribution in [2.24, 2.45) is 0 Å². The molecular formula is C22H42N3O+. The van der Waals surface area contributed by atoms with Crippen LogP contribution in [0.25, 0.3) is 0 Å². The topological polar surface area (TPSA) is 41.1 Å². The van der Waals surface area contributed by atoms with Crippen LogP contribution in [0.3, 0.4) is 0 Å². The molecule has 0 aliphatic carbocycles. The minimum atomic E-state index is 0.0465. The summed E-state index contributed by atoms with van der Waals surface area (Å²) in [5, 5.41) is 6.60. The molecule has 0 bridgehead atoms. The molecule has 0 aromatic carbocycles. The van der Waals surface area contributed by atoms with E-state index in [1.165, 1.54) is 57.8 Å². The number of carbonyl (C=O) groups is 1. The molecule has 4 nitrogen and oxygen atoms in total. The van der Waals surface area contributed by atoms with Gasteiger partial charge in [-0.1, -0.05) is 44.8 Å². The third-order valence-corrected chi connectivity index (χ3v) is 5.64. The fourth-order valence-electron chi connectivity index (χ4n) is 3.97. The number of amides is 1. The van der Waals surface area contributed by atoms with Crippen LogP contribution in [0.1, 0.15) is 91.9 Å². The number of nitrogens with zero attached hydrogens (tertiary/aromatic N) is 1. The van der Waals surface area contributed by atoms with Gasteiger partial charge in [-0.3, -0.25) is 9.28 Å². The number of hydrogen-bond donors (Lipinski definition) is 2. The number of hydrogen-bond acceptors (Lipinski definition) is 2. The zero-order chi connectivity index (χ0) is 19.3. The number of carbonyl (C=O) groups excluding carboxylic acids is 1. The van der Waals surface area contributed by atoms with Gasteiger partial charge in [0.15, 0.2) is 12.3 Å². The maximum absolute atomic E-state index is 11.5. The van der Waals surface area contributed by atoms with Gasteiger partial charge in [0.1, 0.15) is 6.20 Å². The standard InChI is InChI=1S/C22H41N3O/c1-5-7-8-9-10-11-12-13-14-15-16-17-22-23-18-19-25(22,6-2)20(3)24-21(4)26/h10-11,18-20,22-23H,5-9,12-17H2,1-4H3/p+1/b11-10+. The summed E-state index contributed by atoms with van der Waals surface area (Å²) in [5.41, 5.74) is 0. The molecule has 1 aliphatic rings. The van der Waals surface area contributed by atoms with E-state index < -0.39 is 0 Å². The lowest BCUT2D eigenvalue weighted by atomic mass is 10.1. The second kappa shape index (κ2) is 13.0. The molecule has 26 heavy (non-hydrogen) atoms. The molecule has 3 atom stereocenters. The van der Waals surface area contributed by atoms with Gasteiger partial charge in [-0.05, 0) is 39.0 Å². The molecule has 1 aliphatic heterocycles. The zero-order valence-corrected chi connectivity index (χ0v) is 17.6. The lowest BCUT2D eigenvalue weighted by Crippen LogP contribution is -2.62. The van der Waals surface area contributed by atoms with Gasteiger partial charge in [-0.15, -0.1) is 0 Å². The number of quaternary nitrogens is 1. The summed E-state index contributed by atoms with van der Waals surface area (Å²) in [6, 6.07) is 0. The summed E-state index contributed by atoms with van der Waals surface area (Å²) >= 11 is 0. The number of unbranched alkanes of at least 4 members (excludes halogenated alkanes) is 7. The molecule has 2 N–H and O–H groups in total. The predicted molar refractivity (Wildman–Crippen MR) is 111 cm³/mol. The molecule has 1 amide bonds. The van der Waals surface area contributed by atoms with Gasteiger partial charge < -0.3 is 10.6 Å². The van der Waals surface area contributed by atoms with E-state index in [0.29, 0.717) is 6.17 Å². The lowest BCUT2D eigenvalue weighted by Gasteiger charge is -2.41. The summed E-state index contributed by atoms with van der Waals surface area (Å²) in [4.78, 5) is 11.5. The quantitative estimate of drug-likeness (QED) is 0.253. The van der Waals surface area contributed by atoms with Crippen LogP contribution in [-0.4, -0.2) is 29.3 Å². The molecule has 0 spiro atoms. The Morgan fingerprint density at radius 3 is 2.38 bits per heavy atom. The van der Waals surface area contributed by atoms with Crippen molar-refractivity contribution in [1.29, 1.82) is 0 Å². The molecular weight excluding hydrogens is 322 g/mol. The molecule has 0 saturated carbocycles. The van der Waals surface area contributed by atoms with Crippen molar-refractivity contribution in [3.8, 4) is 0 Å². The smallest absolute Gasteiger partial charge is 0.221 e. The van der Waals surface area contributed by atoms with Gasteiger partial charge in [0, 0.05) is 20.3 Å². The van der Waals surface area contributed by atoms with Crippen molar-refractivity contribution in [3.05, 3.63) is 24.6 Å². The molecule has 1 rings (SSSR count). The fraction of sp³-hybridized carbons (Fsp3) is 0.773. The first kappa shape index (κ1) is 22.8. The van der Waals surface area contributed by atoms with Crippen LogP contribution in [-0.2, 0) is 4.79 Å². The fourth-order valence-corrected chi connectivity index (χ4v) is 3.97. The molecule has 3 unspecified atom stereocenters. The predicted octanol–water partition coefficient (Wildman–Crippen LogP) is 5.18. The molecule has 150 valence electrons. The largest absolute Gasteiger partial charge is 0.338 e. The van der Waals surface area contributed by atoms with Gasteiger partial charge in [0.2, 0.25) is 5.91 Å². The van der Waals surface area contributed by atoms with E-state index in [2.05, 4.69) is 56.0 Å². The normalized spacial score (nSPS) is 23.3. The first-order chi connectivity index (χ1) is 12.6. The molecule has 1 heterocycles. The monoisotopic (exact) mass is 364 g/mol. The van der Waals surface area contributed by atoms with Crippen LogP contribution >= 0.6 is 0 Å². The van der Waals surface area contributed by atoms with E-state index in [-0.39, 0.29) is 12.1 Å². The van der Waals surface area contributed by atoms with Crippen molar-refractivity contribution >= 4 is 5.91 Å². The average molecular weight is 365 g/mol. The SMILES string of the molecule is CCCCC/C=C/CCCCCCC1NC=C[N+]1(CC)C(C)NC(C)=O. The molecule has 0 aromatic heterocycles. The van der Waals surface area contributed by atoms with Gasteiger partial charge in [-0.2, -0.15) is 0 Å². The molecule has 0 radical (unpaired) electrons. The zero-order valence-electron chi connectivity index (χ0n) is 17.6. The minimum absolute atomic E-state index is 0.0465. The summed E-state index contributed by atoms with van der Waals surface area (Å²) < 4.78 is 0.806. The van der Waals surface area contributed by atoms with Gasteiger partial charge in [-0.25, -0.2) is 0 Å². The van der Waals surface area contributed by atoms with Crippen molar-refractivity contribution in [1.82, 2.24) is 10.6 Å². The van der Waals surface area contributed by atoms with Gasteiger partial charge >= 0.3 is 0 Å². The second-order valence-electron chi connectivity index (χ2n) is 7.64. The lowest BCUT2D eigenvalue weighted by molar-refractivity contribution is -0.923. The van der Waals surface area contributed by atoms with E-state index >= 15 is 0 Å². The van der Waals surface area contributed by atoms with E-state index in [1.54, 1.807) is 6.92 Å². The minimum Gasteiger partial charge on any atom is -0.338 e. The highest BCUT2D eigenvalue weighted by Crippen LogP contribution is 2.26. The number of rotatable bonds is 14. The summed E-state index contributed by atoms with van der Waals surface area (Å²) in [6.07, 6.45) is 22.3. The van der Waals surface area contributed by atoms with Crippen LogP contribution < -0.4 is 10.6 Å². The van der Waals surface area contributed by atoms with Crippen molar-refractivity contribution in [2.75, 3.05) is 6.54 Å². The molecule has 0 fully saturated rings. The maximum atomic E-state index is 11.5. The molecule has 0 aromatic rings. The Bertz CT molecular complexity index is 447. The van der Waals surface area contributed by atoms with Crippen LogP contribution in [0, 0.1) is 0 Å². The average Bonchev–Trinajstić information content (AvgIpc) is 3.03. The summed E-state index contributed by atoms with van der Waals surface area (Å²) in [6.45, 7) is 9.16. The van der Waals surface area contributed by atoms with Crippen molar-refractivity contribution in [3.63, 3.8) is 0 Å². The second-order valence-corrected chi connectivity index (χ2v) is 7.64. The van der Waals surface area contributed by atoms with Crippen LogP contribution in [0.15, 0.2) is 24.6 Å². The number of allylic oxidation sites excluding steroid dienone is 2. The molecule has 4 heteroatoms. The van der Waals surface area contributed by atoms with Crippen molar-refractivity contribution in [2.45, 2.75) is 104 Å². The van der Waals surface area contributed by atoms with Crippen molar-refractivity contribution < 1.29 is 9.28 Å². The van der Waals surface area contributed by atoms with Gasteiger partial charge in [0.05, 0.1) is 12.7 Å². The van der Waals surface area contributed by atoms with E-state index in [0.717, 1.165) is 17.4 Å². The highest BCUT2D eigenvalue weighted by atomic mass is 16.1. The first-order valence-corrected chi connectivity index (χ1v) is 10.8. The Morgan fingerprint density at radius 2 is 1.77 bits per heavy atom. The number of nitrogens with one attached hydrogen (secondary N) is 2. The molecule has 0 saturated heterocycles. The Balaban J connectivity index is 2.22. The Kier molecular flexibility index (Phi) is 11.3. The summed E-state index contributed by atoms with van der Waals surface area (Å²) in [7, 11) is 0. The van der Waals surface area contributed by atoms with Crippen LogP contribution in [0.4, 0.5) is 0 Å². The van der Waals surface area contributed by atoms with Crippen LogP contribution in [0.5, 0.6) is 0 Å². The Hall–Kier alpha value is -1.29. The highest BCUT2D eigenvalue weighted by molar-refractivity contribution is 5.72. The highest BCUT2D eigenvalue weighted by Gasteiger charge is 2.41.